The van der Waals surface area contributed by atoms with Gasteiger partial charge >= 0.3 is 0 Å². The van der Waals surface area contributed by atoms with Gasteiger partial charge in [0.1, 0.15) is 0 Å². The number of carbonyl (C=O) groups is 2. The molecule has 0 aliphatic heterocycles. The molecule has 0 aromatic heterocycles. The molecule has 0 aromatic rings. The van der Waals surface area contributed by atoms with Crippen LogP contribution in [0.4, 0.5) is 0 Å². The van der Waals surface area contributed by atoms with Gasteiger partial charge in [-0.1, -0.05) is 6.92 Å². The number of nitrogens with one attached hydrogen (secondary N) is 1. The van der Waals surface area contributed by atoms with E-state index in [4.69, 9.17) is 5.84 Å². The van der Waals surface area contributed by atoms with Crippen LogP contribution in [0.15, 0.2) is 0 Å². The zero-order valence-corrected chi connectivity index (χ0v) is 9.62. The first-order chi connectivity index (χ1) is 7.01. The minimum atomic E-state index is -0.282. The summed E-state index contributed by atoms with van der Waals surface area (Å²) in [5.74, 6) is 4.68. The van der Waals surface area contributed by atoms with Crippen LogP contribution in [0.1, 0.15) is 13.3 Å². The van der Waals surface area contributed by atoms with Gasteiger partial charge in [0.25, 0.3) is 0 Å². The predicted molar refractivity (Wildman–Crippen MR) is 57.8 cm³/mol. The third kappa shape index (κ3) is 6.03. The lowest BCUT2D eigenvalue weighted by molar-refractivity contribution is -0.130. The Bertz CT molecular complexity index is 218. The molecule has 2 amide bonds. The van der Waals surface area contributed by atoms with Gasteiger partial charge in [0.15, 0.2) is 0 Å². The van der Waals surface area contributed by atoms with Gasteiger partial charge in [0.2, 0.25) is 11.8 Å². The quantitative estimate of drug-likeness (QED) is 0.331. The van der Waals surface area contributed by atoms with E-state index in [1.165, 1.54) is 4.90 Å². The molecule has 3 N–H and O–H groups in total. The fourth-order valence-electron chi connectivity index (χ4n) is 1.11. The Kier molecular flexibility index (Phi) is 6.64. The number of rotatable bonds is 6. The molecule has 0 aliphatic rings. The molecule has 0 bridgehead atoms. The third-order valence-electron chi connectivity index (χ3n) is 1.93. The molecular formula is C9H20N4O2. The summed E-state index contributed by atoms with van der Waals surface area (Å²) in [4.78, 5) is 25.7. The highest BCUT2D eigenvalue weighted by Crippen LogP contribution is 1.93. The van der Waals surface area contributed by atoms with Crippen LogP contribution in [-0.2, 0) is 9.59 Å². The average molecular weight is 216 g/mol. The second-order valence-corrected chi connectivity index (χ2v) is 3.57. The van der Waals surface area contributed by atoms with Crippen molar-refractivity contribution in [1.82, 2.24) is 15.2 Å². The molecule has 15 heavy (non-hydrogen) atoms. The predicted octanol–water partition coefficient (Wildman–Crippen LogP) is -1.22. The van der Waals surface area contributed by atoms with Crippen molar-refractivity contribution in [3.8, 4) is 0 Å². The molecule has 6 nitrogen and oxygen atoms in total. The summed E-state index contributed by atoms with van der Waals surface area (Å²) < 4.78 is 0. The van der Waals surface area contributed by atoms with Crippen LogP contribution < -0.4 is 11.3 Å². The van der Waals surface area contributed by atoms with Crippen LogP contribution in [0.25, 0.3) is 0 Å². The summed E-state index contributed by atoms with van der Waals surface area (Å²) >= 11 is 0. The van der Waals surface area contributed by atoms with E-state index in [1.807, 2.05) is 6.92 Å². The number of hydrazine groups is 1. The molecule has 0 saturated heterocycles. The number of nitrogens with two attached hydrogens (primary N) is 1. The molecule has 0 rings (SSSR count). The van der Waals surface area contributed by atoms with E-state index >= 15 is 0 Å². The van der Waals surface area contributed by atoms with Crippen LogP contribution in [0, 0.1) is 0 Å². The van der Waals surface area contributed by atoms with Crippen LogP contribution >= 0.6 is 0 Å². The van der Waals surface area contributed by atoms with Crippen LogP contribution in [-0.4, -0.2) is 55.3 Å². The molecule has 0 aliphatic carbocycles. The molecule has 0 spiro atoms. The molecule has 0 heterocycles. The van der Waals surface area contributed by atoms with E-state index < -0.39 is 0 Å². The van der Waals surface area contributed by atoms with Crippen molar-refractivity contribution in [1.29, 1.82) is 0 Å². The summed E-state index contributed by atoms with van der Waals surface area (Å²) in [5.41, 5.74) is 2.05. The van der Waals surface area contributed by atoms with E-state index in [9.17, 15) is 9.59 Å². The van der Waals surface area contributed by atoms with Gasteiger partial charge in [-0.15, -0.1) is 0 Å². The Morgan fingerprint density at radius 3 is 2.27 bits per heavy atom. The Hall–Kier alpha value is -1.14. The number of hydrogen-bond donors (Lipinski definition) is 2. The molecule has 0 aromatic carbocycles. The second-order valence-electron chi connectivity index (χ2n) is 3.57. The Balaban J connectivity index is 4.14. The van der Waals surface area contributed by atoms with Crippen molar-refractivity contribution in [2.45, 2.75) is 13.3 Å². The topological polar surface area (TPSA) is 78.7 Å². The molecule has 0 atom stereocenters. The fraction of sp³-hybridized carbons (Fsp3) is 0.778. The smallest absolute Gasteiger partial charge is 0.248 e. The van der Waals surface area contributed by atoms with Crippen molar-refractivity contribution >= 4 is 11.8 Å². The molecule has 0 unspecified atom stereocenters. The number of amides is 2. The summed E-state index contributed by atoms with van der Waals surface area (Å²) in [5, 5.41) is 0. The van der Waals surface area contributed by atoms with Gasteiger partial charge in [-0.05, 0) is 13.0 Å². The summed E-state index contributed by atoms with van der Waals surface area (Å²) in [6.45, 7) is 3.10. The summed E-state index contributed by atoms with van der Waals surface area (Å²) in [7, 11) is 3.38. The highest BCUT2D eigenvalue weighted by molar-refractivity contribution is 5.80. The number of hydrogen-bond acceptors (Lipinski definition) is 4. The van der Waals surface area contributed by atoms with Crippen molar-refractivity contribution in [2.75, 3.05) is 33.7 Å². The van der Waals surface area contributed by atoms with E-state index in [1.54, 1.807) is 19.0 Å². The van der Waals surface area contributed by atoms with Crippen molar-refractivity contribution < 1.29 is 9.59 Å². The minimum absolute atomic E-state index is 0.0201. The van der Waals surface area contributed by atoms with Crippen LogP contribution in [0.2, 0.25) is 0 Å². The highest BCUT2D eigenvalue weighted by atomic mass is 16.2. The lowest BCUT2D eigenvalue weighted by Crippen LogP contribution is -2.44. The molecule has 6 heteroatoms. The molecule has 0 saturated carbocycles. The van der Waals surface area contributed by atoms with E-state index in [0.29, 0.717) is 6.54 Å². The molecular weight excluding hydrogens is 196 g/mol. The third-order valence-corrected chi connectivity index (χ3v) is 1.93. The molecule has 0 radical (unpaired) electrons. The van der Waals surface area contributed by atoms with Gasteiger partial charge in [0.05, 0.1) is 13.1 Å². The zero-order valence-electron chi connectivity index (χ0n) is 9.62. The highest BCUT2D eigenvalue weighted by Gasteiger charge is 2.14. The maximum atomic E-state index is 11.4. The Morgan fingerprint density at radius 1 is 1.27 bits per heavy atom. The average Bonchev–Trinajstić information content (AvgIpc) is 2.17. The lowest BCUT2D eigenvalue weighted by atomic mass is 10.3. The zero-order chi connectivity index (χ0) is 11.8. The van der Waals surface area contributed by atoms with Gasteiger partial charge in [0, 0.05) is 14.1 Å². The maximum absolute atomic E-state index is 11.4. The molecule has 0 fully saturated rings. The number of likely N-dealkylation sites (N-methyl/N-ethyl adjacent to an activating group) is 1. The maximum Gasteiger partial charge on any atom is 0.248 e. The lowest BCUT2D eigenvalue weighted by Gasteiger charge is -2.21. The number of carbonyl (C=O) groups excluding carboxylic acids is 2. The summed E-state index contributed by atoms with van der Waals surface area (Å²) in [6, 6.07) is 0. The first kappa shape index (κ1) is 13.9. The van der Waals surface area contributed by atoms with Gasteiger partial charge in [-0.2, -0.15) is 0 Å². The normalized spacial score (nSPS) is 10.2. The van der Waals surface area contributed by atoms with Gasteiger partial charge in [-0.25, -0.2) is 5.84 Å². The SMILES string of the molecule is CCCN(CC(=O)NN)CC(=O)N(C)C. The van der Waals surface area contributed by atoms with Crippen molar-refractivity contribution in [3.05, 3.63) is 0 Å². The second kappa shape index (κ2) is 7.19. The first-order valence-corrected chi connectivity index (χ1v) is 4.93. The van der Waals surface area contributed by atoms with Crippen molar-refractivity contribution in [2.24, 2.45) is 5.84 Å². The summed E-state index contributed by atoms with van der Waals surface area (Å²) in [6.07, 6.45) is 0.887. The fourth-order valence-corrected chi connectivity index (χ4v) is 1.11. The van der Waals surface area contributed by atoms with E-state index in [-0.39, 0.29) is 24.9 Å². The standard InChI is InChI=1S/C9H20N4O2/c1-4-5-13(6-8(14)11-10)7-9(15)12(2)3/h4-7,10H2,1-3H3,(H,11,14). The Morgan fingerprint density at radius 2 is 1.87 bits per heavy atom. The van der Waals surface area contributed by atoms with Gasteiger partial charge in [-0.3, -0.25) is 19.9 Å². The first-order valence-electron chi connectivity index (χ1n) is 4.93. The van der Waals surface area contributed by atoms with Crippen LogP contribution in [0.5, 0.6) is 0 Å². The number of nitrogens with zero attached hydrogens (tertiary/aromatic N) is 2. The molecule has 88 valence electrons. The largest absolute Gasteiger partial charge is 0.348 e. The minimum Gasteiger partial charge on any atom is -0.348 e. The van der Waals surface area contributed by atoms with E-state index in [2.05, 4.69) is 5.43 Å². The monoisotopic (exact) mass is 216 g/mol. The van der Waals surface area contributed by atoms with Crippen molar-refractivity contribution in [3.63, 3.8) is 0 Å². The van der Waals surface area contributed by atoms with E-state index in [0.717, 1.165) is 6.42 Å². The van der Waals surface area contributed by atoms with Crippen LogP contribution in [0.3, 0.4) is 0 Å². The van der Waals surface area contributed by atoms with Gasteiger partial charge < -0.3 is 4.90 Å². The Labute approximate surface area is 90.4 Å².